The lowest BCUT2D eigenvalue weighted by Gasteiger charge is -2.43. The molecular formula is C25H26N2O2. The Labute approximate surface area is 171 Å². The molecule has 0 saturated carbocycles. The Kier molecular flexibility index (Phi) is 5.47. The van der Waals surface area contributed by atoms with Gasteiger partial charge in [-0.25, -0.2) is 0 Å². The molecular weight excluding hydrogens is 360 g/mol. The van der Waals surface area contributed by atoms with Crippen LogP contribution in [-0.2, 0) is 6.54 Å². The molecule has 0 bridgehead atoms. The SMILES string of the molecule is Cc1ccc(C(=O)N2c3ccccc3[C@@H](NCc3ccccc3)[C@@H](O)[C@H]2C)cc1. The molecule has 4 nitrogen and oxygen atoms in total. The van der Waals surface area contributed by atoms with Crippen LogP contribution in [0.4, 0.5) is 5.69 Å². The number of fused-ring (bicyclic) bond motifs is 1. The van der Waals surface area contributed by atoms with Crippen LogP contribution in [0.15, 0.2) is 78.9 Å². The van der Waals surface area contributed by atoms with Crippen LogP contribution < -0.4 is 10.2 Å². The largest absolute Gasteiger partial charge is 0.389 e. The summed E-state index contributed by atoms with van der Waals surface area (Å²) in [5.74, 6) is -0.0921. The van der Waals surface area contributed by atoms with Gasteiger partial charge in [0.2, 0.25) is 0 Å². The minimum atomic E-state index is -0.719. The fraction of sp³-hybridized carbons (Fsp3) is 0.240. The second-order valence-corrected chi connectivity index (χ2v) is 7.68. The average Bonchev–Trinajstić information content (AvgIpc) is 2.75. The Morgan fingerprint density at radius 3 is 2.34 bits per heavy atom. The molecule has 3 aromatic rings. The first-order valence-corrected chi connectivity index (χ1v) is 10.0. The highest BCUT2D eigenvalue weighted by Crippen LogP contribution is 2.38. The summed E-state index contributed by atoms with van der Waals surface area (Å²) in [6.07, 6.45) is -0.719. The second-order valence-electron chi connectivity index (χ2n) is 7.68. The standard InChI is InChI=1S/C25H26N2O2/c1-17-12-14-20(15-13-17)25(29)27-18(2)24(28)23(21-10-6-7-11-22(21)27)26-16-19-8-4-3-5-9-19/h3-15,18,23-24,26,28H,16H2,1-2H3/t18-,23-,24+/m1/s1. The van der Waals surface area contributed by atoms with Crippen molar-refractivity contribution in [3.05, 3.63) is 101 Å². The number of hydrogen-bond donors (Lipinski definition) is 2. The number of carbonyl (C=O) groups excluding carboxylic acids is 1. The summed E-state index contributed by atoms with van der Waals surface area (Å²) in [7, 11) is 0. The minimum absolute atomic E-state index is 0.0921. The lowest BCUT2D eigenvalue weighted by atomic mass is 9.88. The zero-order valence-electron chi connectivity index (χ0n) is 16.7. The molecule has 0 radical (unpaired) electrons. The van der Waals surface area contributed by atoms with Crippen molar-refractivity contribution >= 4 is 11.6 Å². The summed E-state index contributed by atoms with van der Waals surface area (Å²) in [5.41, 5.74) is 4.68. The van der Waals surface area contributed by atoms with Gasteiger partial charge in [-0.15, -0.1) is 0 Å². The zero-order valence-corrected chi connectivity index (χ0v) is 16.7. The molecule has 1 heterocycles. The smallest absolute Gasteiger partial charge is 0.258 e. The fourth-order valence-corrected chi connectivity index (χ4v) is 3.99. The highest BCUT2D eigenvalue weighted by molar-refractivity contribution is 6.07. The molecule has 0 aliphatic carbocycles. The number of aliphatic hydroxyl groups is 1. The molecule has 0 aromatic heterocycles. The highest BCUT2D eigenvalue weighted by atomic mass is 16.3. The van der Waals surface area contributed by atoms with Crippen LogP contribution in [0.3, 0.4) is 0 Å². The van der Waals surface area contributed by atoms with E-state index in [9.17, 15) is 9.90 Å². The van der Waals surface area contributed by atoms with Gasteiger partial charge in [0.15, 0.2) is 0 Å². The fourth-order valence-electron chi connectivity index (χ4n) is 3.99. The molecule has 1 aliphatic heterocycles. The summed E-state index contributed by atoms with van der Waals surface area (Å²) in [6.45, 7) is 4.55. The molecule has 3 aromatic carbocycles. The molecule has 148 valence electrons. The van der Waals surface area contributed by atoms with Crippen LogP contribution in [0.5, 0.6) is 0 Å². The Morgan fingerprint density at radius 1 is 0.966 bits per heavy atom. The first-order chi connectivity index (χ1) is 14.1. The number of nitrogens with zero attached hydrogens (tertiary/aromatic N) is 1. The van der Waals surface area contributed by atoms with E-state index < -0.39 is 6.10 Å². The van der Waals surface area contributed by atoms with Crippen LogP contribution in [0.2, 0.25) is 0 Å². The molecule has 4 rings (SSSR count). The van der Waals surface area contributed by atoms with Crippen molar-refractivity contribution < 1.29 is 9.90 Å². The average molecular weight is 386 g/mol. The van der Waals surface area contributed by atoms with E-state index in [1.807, 2.05) is 80.6 Å². The summed E-state index contributed by atoms with van der Waals surface area (Å²) in [6, 6.07) is 24.9. The van der Waals surface area contributed by atoms with Gasteiger partial charge in [0.05, 0.1) is 18.2 Å². The molecule has 1 aliphatic rings. The van der Waals surface area contributed by atoms with Gasteiger partial charge >= 0.3 is 0 Å². The quantitative estimate of drug-likeness (QED) is 0.705. The number of aliphatic hydroxyl groups excluding tert-OH is 1. The molecule has 3 atom stereocenters. The number of rotatable bonds is 4. The van der Waals surface area contributed by atoms with E-state index in [2.05, 4.69) is 17.4 Å². The lowest BCUT2D eigenvalue weighted by molar-refractivity contribution is 0.0788. The van der Waals surface area contributed by atoms with Gasteiger partial charge in [-0.1, -0.05) is 66.2 Å². The van der Waals surface area contributed by atoms with Gasteiger partial charge < -0.3 is 15.3 Å². The van der Waals surface area contributed by atoms with E-state index in [-0.39, 0.29) is 18.0 Å². The van der Waals surface area contributed by atoms with E-state index in [1.54, 1.807) is 4.90 Å². The zero-order chi connectivity index (χ0) is 20.4. The summed E-state index contributed by atoms with van der Waals surface area (Å²) < 4.78 is 0. The maximum absolute atomic E-state index is 13.3. The summed E-state index contributed by atoms with van der Waals surface area (Å²) in [4.78, 5) is 15.0. The van der Waals surface area contributed by atoms with Crippen LogP contribution in [0.1, 0.15) is 40.0 Å². The predicted octanol–water partition coefficient (Wildman–Crippen LogP) is 4.24. The van der Waals surface area contributed by atoms with Crippen LogP contribution in [-0.4, -0.2) is 23.2 Å². The van der Waals surface area contributed by atoms with Crippen molar-refractivity contribution in [2.75, 3.05) is 4.90 Å². The Balaban J connectivity index is 1.66. The van der Waals surface area contributed by atoms with Crippen molar-refractivity contribution in [2.45, 2.75) is 38.6 Å². The number of carbonyl (C=O) groups is 1. The predicted molar refractivity (Wildman–Crippen MR) is 116 cm³/mol. The number of amides is 1. The normalized spacial score (nSPS) is 20.9. The van der Waals surface area contributed by atoms with Gasteiger partial charge in [-0.3, -0.25) is 4.79 Å². The Hall–Kier alpha value is -2.95. The van der Waals surface area contributed by atoms with Gasteiger partial charge in [0, 0.05) is 17.8 Å². The molecule has 4 heteroatoms. The van der Waals surface area contributed by atoms with Gasteiger partial charge in [0.1, 0.15) is 0 Å². The third-order valence-electron chi connectivity index (χ3n) is 5.66. The van der Waals surface area contributed by atoms with Crippen LogP contribution >= 0.6 is 0 Å². The number of para-hydroxylation sites is 1. The van der Waals surface area contributed by atoms with E-state index >= 15 is 0 Å². The number of hydrogen-bond acceptors (Lipinski definition) is 3. The van der Waals surface area contributed by atoms with Crippen LogP contribution in [0.25, 0.3) is 0 Å². The number of anilines is 1. The third-order valence-corrected chi connectivity index (χ3v) is 5.66. The third kappa shape index (κ3) is 3.82. The molecule has 0 fully saturated rings. The topological polar surface area (TPSA) is 52.6 Å². The second kappa shape index (κ2) is 8.19. The van der Waals surface area contributed by atoms with Gasteiger partial charge in [-0.05, 0) is 43.2 Å². The maximum Gasteiger partial charge on any atom is 0.258 e. The molecule has 0 unspecified atom stereocenters. The maximum atomic E-state index is 13.3. The molecule has 0 spiro atoms. The van der Waals surface area contributed by atoms with Gasteiger partial charge in [0.25, 0.3) is 5.91 Å². The monoisotopic (exact) mass is 386 g/mol. The van der Waals surface area contributed by atoms with Crippen molar-refractivity contribution in [2.24, 2.45) is 0 Å². The lowest BCUT2D eigenvalue weighted by Crippen LogP contribution is -2.54. The van der Waals surface area contributed by atoms with E-state index in [1.165, 1.54) is 0 Å². The number of nitrogens with one attached hydrogen (secondary N) is 1. The van der Waals surface area contributed by atoms with Gasteiger partial charge in [-0.2, -0.15) is 0 Å². The van der Waals surface area contributed by atoms with Crippen molar-refractivity contribution in [1.82, 2.24) is 5.32 Å². The van der Waals surface area contributed by atoms with Crippen LogP contribution in [0, 0.1) is 6.92 Å². The van der Waals surface area contributed by atoms with E-state index in [4.69, 9.17) is 0 Å². The van der Waals surface area contributed by atoms with Crippen molar-refractivity contribution in [3.63, 3.8) is 0 Å². The number of benzene rings is 3. The van der Waals surface area contributed by atoms with E-state index in [0.29, 0.717) is 12.1 Å². The van der Waals surface area contributed by atoms with Crippen molar-refractivity contribution in [3.8, 4) is 0 Å². The summed E-state index contributed by atoms with van der Waals surface area (Å²) >= 11 is 0. The molecule has 0 saturated heterocycles. The first kappa shape index (κ1) is 19.4. The Bertz CT molecular complexity index is 985. The Morgan fingerprint density at radius 2 is 1.62 bits per heavy atom. The van der Waals surface area contributed by atoms with Crippen molar-refractivity contribution in [1.29, 1.82) is 0 Å². The molecule has 29 heavy (non-hydrogen) atoms. The minimum Gasteiger partial charge on any atom is -0.389 e. The molecule has 1 amide bonds. The molecule has 2 N–H and O–H groups in total. The van der Waals surface area contributed by atoms with E-state index in [0.717, 1.165) is 22.4 Å². The summed E-state index contributed by atoms with van der Waals surface area (Å²) in [5, 5.41) is 14.6. The first-order valence-electron chi connectivity index (χ1n) is 10.0. The highest BCUT2D eigenvalue weighted by Gasteiger charge is 2.40. The number of aryl methyl sites for hydroxylation is 1.